The molecule has 1 heterocycles. The van der Waals surface area contributed by atoms with Crippen LogP contribution in [0.15, 0.2) is 12.1 Å². The molecule has 2 bridgehead atoms. The SMILES string of the molecule is CC(C1CC2CCC1C2)n1c(=S)[nH]c2cc(I)c(F)cc21. The van der Waals surface area contributed by atoms with Crippen molar-refractivity contribution in [2.75, 3.05) is 0 Å². The molecule has 5 heteroatoms. The minimum atomic E-state index is -0.161. The van der Waals surface area contributed by atoms with Crippen molar-refractivity contribution in [1.82, 2.24) is 9.55 Å². The molecule has 2 aliphatic rings. The second kappa shape index (κ2) is 5.05. The Labute approximate surface area is 142 Å². The van der Waals surface area contributed by atoms with E-state index in [2.05, 4.69) is 16.5 Å². The number of nitrogens with one attached hydrogen (secondary N) is 1. The maximum atomic E-state index is 14.0. The number of imidazole rings is 1. The summed E-state index contributed by atoms with van der Waals surface area (Å²) in [7, 11) is 0. The number of halogens is 2. The first-order chi connectivity index (χ1) is 10.0. The fraction of sp³-hybridized carbons (Fsp3) is 0.562. The molecule has 112 valence electrons. The molecule has 21 heavy (non-hydrogen) atoms. The molecule has 2 fully saturated rings. The Hall–Kier alpha value is -0.430. The van der Waals surface area contributed by atoms with Gasteiger partial charge in [0.25, 0.3) is 0 Å². The largest absolute Gasteiger partial charge is 0.331 e. The maximum Gasteiger partial charge on any atom is 0.178 e. The number of aromatic nitrogens is 2. The number of hydrogen-bond donors (Lipinski definition) is 1. The van der Waals surface area contributed by atoms with E-state index in [9.17, 15) is 4.39 Å². The number of nitrogens with zero attached hydrogens (tertiary/aromatic N) is 1. The second-order valence-corrected chi connectivity index (χ2v) is 8.21. The number of rotatable bonds is 2. The van der Waals surface area contributed by atoms with Gasteiger partial charge in [-0.25, -0.2) is 4.39 Å². The maximum absolute atomic E-state index is 14.0. The summed E-state index contributed by atoms with van der Waals surface area (Å²) in [5.41, 5.74) is 1.86. The first kappa shape index (κ1) is 14.2. The van der Waals surface area contributed by atoms with Gasteiger partial charge in [-0.3, -0.25) is 0 Å². The third-order valence-electron chi connectivity index (χ3n) is 5.58. The zero-order valence-electron chi connectivity index (χ0n) is 11.9. The summed E-state index contributed by atoms with van der Waals surface area (Å²) in [5.74, 6) is 2.29. The van der Waals surface area contributed by atoms with Crippen molar-refractivity contribution >= 4 is 45.8 Å². The molecule has 4 rings (SSSR count). The van der Waals surface area contributed by atoms with Gasteiger partial charge >= 0.3 is 0 Å². The number of hydrogen-bond acceptors (Lipinski definition) is 1. The zero-order chi connectivity index (χ0) is 14.7. The molecule has 0 amide bonds. The molecule has 4 atom stereocenters. The lowest BCUT2D eigenvalue weighted by molar-refractivity contribution is 0.245. The van der Waals surface area contributed by atoms with Crippen LogP contribution in [0.2, 0.25) is 0 Å². The molecule has 1 N–H and O–H groups in total. The Morgan fingerprint density at radius 1 is 1.38 bits per heavy atom. The number of aromatic amines is 1. The molecule has 0 radical (unpaired) electrons. The van der Waals surface area contributed by atoms with Crippen LogP contribution in [0, 0.1) is 31.9 Å². The highest BCUT2D eigenvalue weighted by Crippen LogP contribution is 2.52. The molecule has 2 saturated carbocycles. The van der Waals surface area contributed by atoms with Gasteiger partial charge in [0.15, 0.2) is 4.77 Å². The summed E-state index contributed by atoms with van der Waals surface area (Å²) in [6.45, 7) is 2.25. The molecule has 1 aromatic carbocycles. The zero-order valence-corrected chi connectivity index (χ0v) is 14.9. The highest BCUT2D eigenvalue weighted by molar-refractivity contribution is 14.1. The van der Waals surface area contributed by atoms with E-state index in [1.165, 1.54) is 25.7 Å². The summed E-state index contributed by atoms with van der Waals surface area (Å²) >= 11 is 7.55. The molecule has 2 aliphatic carbocycles. The van der Waals surface area contributed by atoms with Gasteiger partial charge < -0.3 is 9.55 Å². The Morgan fingerprint density at radius 3 is 2.86 bits per heavy atom. The Morgan fingerprint density at radius 2 is 2.19 bits per heavy atom. The highest BCUT2D eigenvalue weighted by atomic mass is 127. The number of H-pyrrole nitrogens is 1. The molecule has 2 aromatic rings. The molecular weight excluding hydrogens is 398 g/mol. The van der Waals surface area contributed by atoms with Crippen molar-refractivity contribution in [3.63, 3.8) is 0 Å². The molecule has 1 aromatic heterocycles. The van der Waals surface area contributed by atoms with Crippen LogP contribution in [0.4, 0.5) is 4.39 Å². The van der Waals surface area contributed by atoms with Crippen LogP contribution >= 0.6 is 34.8 Å². The van der Waals surface area contributed by atoms with Crippen LogP contribution in [-0.4, -0.2) is 9.55 Å². The lowest BCUT2D eigenvalue weighted by Gasteiger charge is -2.29. The van der Waals surface area contributed by atoms with Crippen LogP contribution in [0.25, 0.3) is 11.0 Å². The van der Waals surface area contributed by atoms with E-state index < -0.39 is 0 Å². The normalized spacial score (nSPS) is 29.4. The molecule has 0 saturated heterocycles. The van der Waals surface area contributed by atoms with Crippen molar-refractivity contribution in [2.45, 2.75) is 38.6 Å². The van der Waals surface area contributed by atoms with Gasteiger partial charge in [-0.15, -0.1) is 0 Å². The van der Waals surface area contributed by atoms with E-state index in [0.717, 1.165) is 27.6 Å². The third kappa shape index (κ3) is 2.19. The van der Waals surface area contributed by atoms with Gasteiger partial charge in [-0.05, 0) is 84.8 Å². The van der Waals surface area contributed by atoms with E-state index in [1.54, 1.807) is 6.07 Å². The summed E-state index contributed by atoms with van der Waals surface area (Å²) in [5, 5.41) is 0. The Balaban J connectivity index is 1.80. The average Bonchev–Trinajstić information content (AvgIpc) is 3.12. The molecule has 0 aliphatic heterocycles. The Kier molecular flexibility index (Phi) is 3.41. The Bertz CT molecular complexity index is 765. The molecular formula is C16H18FIN2S. The van der Waals surface area contributed by atoms with E-state index in [1.807, 2.05) is 28.7 Å². The quantitative estimate of drug-likeness (QED) is 0.511. The predicted molar refractivity (Wildman–Crippen MR) is 93.4 cm³/mol. The van der Waals surface area contributed by atoms with Crippen molar-refractivity contribution in [2.24, 2.45) is 17.8 Å². The molecule has 4 unspecified atom stereocenters. The van der Waals surface area contributed by atoms with E-state index in [0.29, 0.717) is 15.5 Å². The van der Waals surface area contributed by atoms with Crippen LogP contribution in [0.3, 0.4) is 0 Å². The van der Waals surface area contributed by atoms with E-state index in [4.69, 9.17) is 12.2 Å². The fourth-order valence-electron chi connectivity index (χ4n) is 4.60. The van der Waals surface area contributed by atoms with Gasteiger partial charge in [0.2, 0.25) is 0 Å². The highest BCUT2D eigenvalue weighted by Gasteiger charge is 2.42. The van der Waals surface area contributed by atoms with E-state index >= 15 is 0 Å². The fourth-order valence-corrected chi connectivity index (χ4v) is 5.44. The molecule has 0 spiro atoms. The lowest BCUT2D eigenvalue weighted by atomic mass is 9.84. The minimum absolute atomic E-state index is 0.161. The first-order valence-corrected chi connectivity index (χ1v) is 9.12. The van der Waals surface area contributed by atoms with Crippen LogP contribution in [0.5, 0.6) is 0 Å². The van der Waals surface area contributed by atoms with Crippen molar-refractivity contribution in [3.05, 3.63) is 26.3 Å². The van der Waals surface area contributed by atoms with Gasteiger partial charge in [-0.1, -0.05) is 6.42 Å². The standard InChI is InChI=1S/C16H18FIN2S/c1-8(11-5-9-2-3-10(11)4-9)20-15-6-12(17)13(18)7-14(15)19-16(20)21/h6-11H,2-5H2,1H3,(H,19,21). The molecule has 2 nitrogen and oxygen atoms in total. The van der Waals surface area contributed by atoms with Gasteiger partial charge in [-0.2, -0.15) is 0 Å². The van der Waals surface area contributed by atoms with Crippen LogP contribution in [0.1, 0.15) is 38.6 Å². The number of benzene rings is 1. The third-order valence-corrected chi connectivity index (χ3v) is 6.70. The monoisotopic (exact) mass is 416 g/mol. The van der Waals surface area contributed by atoms with Crippen molar-refractivity contribution < 1.29 is 4.39 Å². The van der Waals surface area contributed by atoms with Crippen LogP contribution in [-0.2, 0) is 0 Å². The first-order valence-electron chi connectivity index (χ1n) is 7.64. The average molecular weight is 416 g/mol. The summed E-state index contributed by atoms with van der Waals surface area (Å²) < 4.78 is 17.5. The number of fused-ring (bicyclic) bond motifs is 3. The predicted octanol–water partition coefficient (Wildman–Crippen LogP) is 5.44. The van der Waals surface area contributed by atoms with Gasteiger partial charge in [0.05, 0.1) is 14.6 Å². The lowest BCUT2D eigenvalue weighted by Crippen LogP contribution is -2.22. The summed E-state index contributed by atoms with van der Waals surface area (Å²) in [6.07, 6.45) is 5.46. The van der Waals surface area contributed by atoms with Crippen molar-refractivity contribution in [1.29, 1.82) is 0 Å². The second-order valence-electron chi connectivity index (χ2n) is 6.66. The smallest absolute Gasteiger partial charge is 0.178 e. The van der Waals surface area contributed by atoms with Crippen LogP contribution < -0.4 is 0 Å². The minimum Gasteiger partial charge on any atom is -0.331 e. The van der Waals surface area contributed by atoms with Crippen molar-refractivity contribution in [3.8, 4) is 0 Å². The summed E-state index contributed by atoms with van der Waals surface area (Å²) in [6, 6.07) is 3.83. The topological polar surface area (TPSA) is 20.7 Å². The van der Waals surface area contributed by atoms with Gasteiger partial charge in [0, 0.05) is 12.1 Å². The van der Waals surface area contributed by atoms with E-state index in [-0.39, 0.29) is 5.82 Å². The summed E-state index contributed by atoms with van der Waals surface area (Å²) in [4.78, 5) is 3.25. The van der Waals surface area contributed by atoms with Gasteiger partial charge in [0.1, 0.15) is 5.82 Å².